The van der Waals surface area contributed by atoms with Crippen LogP contribution in [0.1, 0.15) is 18.1 Å². The van der Waals surface area contributed by atoms with Crippen molar-refractivity contribution in [3.05, 3.63) is 35.9 Å². The van der Waals surface area contributed by atoms with Crippen molar-refractivity contribution in [1.29, 1.82) is 0 Å². The van der Waals surface area contributed by atoms with E-state index >= 15 is 0 Å². The van der Waals surface area contributed by atoms with Gasteiger partial charge in [-0.2, -0.15) is 0 Å². The van der Waals surface area contributed by atoms with Crippen LogP contribution in [0.2, 0.25) is 0 Å². The molecule has 1 amide bonds. The molecule has 3 N–H and O–H groups in total. The molecule has 19 heavy (non-hydrogen) atoms. The van der Waals surface area contributed by atoms with Gasteiger partial charge in [-0.15, -0.1) is 0 Å². The summed E-state index contributed by atoms with van der Waals surface area (Å²) in [6.45, 7) is 0.861. The molecule has 0 bridgehead atoms. The molecule has 5 heteroatoms. The maximum atomic E-state index is 11.9. The molecule has 1 aromatic rings. The van der Waals surface area contributed by atoms with E-state index in [0.29, 0.717) is 6.61 Å². The van der Waals surface area contributed by atoms with Gasteiger partial charge in [0.1, 0.15) is 12.1 Å². The van der Waals surface area contributed by atoms with E-state index < -0.39 is 6.04 Å². The van der Waals surface area contributed by atoms with Gasteiger partial charge in [0.05, 0.1) is 12.6 Å². The second-order valence-corrected chi connectivity index (χ2v) is 4.67. The Morgan fingerprint density at radius 1 is 1.53 bits per heavy atom. The summed E-state index contributed by atoms with van der Waals surface area (Å²) in [5.41, 5.74) is 6.79. The van der Waals surface area contributed by atoms with E-state index in [4.69, 9.17) is 15.2 Å². The zero-order chi connectivity index (χ0) is 13.7. The number of nitrogens with two attached hydrogens (primary N) is 1. The first-order valence-corrected chi connectivity index (χ1v) is 6.44. The summed E-state index contributed by atoms with van der Waals surface area (Å²) in [5.74, 6) is -0.196. The molecule has 1 heterocycles. The first-order valence-electron chi connectivity index (χ1n) is 6.44. The lowest BCUT2D eigenvalue weighted by Crippen LogP contribution is -2.48. The van der Waals surface area contributed by atoms with Crippen LogP contribution in [0.25, 0.3) is 0 Å². The Labute approximate surface area is 113 Å². The predicted octanol–water partition coefficient (Wildman–Crippen LogP) is 0.607. The van der Waals surface area contributed by atoms with Crippen LogP contribution < -0.4 is 11.1 Å². The van der Waals surface area contributed by atoms with E-state index in [1.165, 1.54) is 7.11 Å². The molecule has 1 aliphatic heterocycles. The SMILES string of the molecule is COCC(N)C(=O)NC1CCOC1c1ccccc1. The number of benzene rings is 1. The van der Waals surface area contributed by atoms with Crippen molar-refractivity contribution in [1.82, 2.24) is 5.32 Å². The molecule has 0 radical (unpaired) electrons. The van der Waals surface area contributed by atoms with Gasteiger partial charge >= 0.3 is 0 Å². The van der Waals surface area contributed by atoms with E-state index in [-0.39, 0.29) is 24.7 Å². The Hall–Kier alpha value is -1.43. The van der Waals surface area contributed by atoms with E-state index in [0.717, 1.165) is 12.0 Å². The van der Waals surface area contributed by atoms with Crippen molar-refractivity contribution in [2.45, 2.75) is 24.6 Å². The Morgan fingerprint density at radius 3 is 2.95 bits per heavy atom. The van der Waals surface area contributed by atoms with Crippen LogP contribution in [-0.2, 0) is 14.3 Å². The third-order valence-electron chi connectivity index (χ3n) is 3.23. The second kappa shape index (κ2) is 6.65. The topological polar surface area (TPSA) is 73.6 Å². The summed E-state index contributed by atoms with van der Waals surface area (Å²) in [7, 11) is 1.53. The number of hydrogen-bond donors (Lipinski definition) is 2. The highest BCUT2D eigenvalue weighted by Gasteiger charge is 2.31. The summed E-state index contributed by atoms with van der Waals surface area (Å²) in [5, 5.41) is 2.94. The summed E-state index contributed by atoms with van der Waals surface area (Å²) in [6.07, 6.45) is 0.699. The van der Waals surface area contributed by atoms with Crippen LogP contribution in [0, 0.1) is 0 Å². The van der Waals surface area contributed by atoms with Gasteiger partial charge in [0.15, 0.2) is 0 Å². The average molecular weight is 264 g/mol. The van der Waals surface area contributed by atoms with Crippen molar-refractivity contribution in [3.8, 4) is 0 Å². The van der Waals surface area contributed by atoms with Crippen molar-refractivity contribution in [2.24, 2.45) is 5.73 Å². The van der Waals surface area contributed by atoms with Crippen LogP contribution in [0.4, 0.5) is 0 Å². The summed E-state index contributed by atoms with van der Waals surface area (Å²) in [4.78, 5) is 11.9. The molecule has 1 aromatic carbocycles. The van der Waals surface area contributed by atoms with Gasteiger partial charge in [-0.3, -0.25) is 4.79 Å². The normalized spacial score (nSPS) is 24.1. The number of amides is 1. The van der Waals surface area contributed by atoms with Gasteiger partial charge in [0.2, 0.25) is 5.91 Å². The smallest absolute Gasteiger partial charge is 0.239 e. The molecule has 104 valence electrons. The monoisotopic (exact) mass is 264 g/mol. The fourth-order valence-electron chi connectivity index (χ4n) is 2.25. The minimum absolute atomic E-state index is 0.0298. The number of carbonyl (C=O) groups is 1. The van der Waals surface area contributed by atoms with Crippen molar-refractivity contribution < 1.29 is 14.3 Å². The Balaban J connectivity index is 1.98. The van der Waals surface area contributed by atoms with Gasteiger partial charge in [0, 0.05) is 13.7 Å². The number of rotatable bonds is 5. The molecule has 0 aliphatic carbocycles. The van der Waals surface area contributed by atoms with E-state index in [2.05, 4.69) is 5.32 Å². The highest BCUT2D eigenvalue weighted by atomic mass is 16.5. The van der Waals surface area contributed by atoms with Crippen LogP contribution >= 0.6 is 0 Å². The van der Waals surface area contributed by atoms with Crippen molar-refractivity contribution >= 4 is 5.91 Å². The fraction of sp³-hybridized carbons (Fsp3) is 0.500. The molecule has 1 saturated heterocycles. The summed E-state index contributed by atoms with van der Waals surface area (Å²) >= 11 is 0. The molecule has 2 rings (SSSR count). The molecule has 1 fully saturated rings. The molecular formula is C14H20N2O3. The van der Waals surface area contributed by atoms with Crippen molar-refractivity contribution in [2.75, 3.05) is 20.3 Å². The Bertz CT molecular complexity index is 410. The molecule has 0 aromatic heterocycles. The number of nitrogens with one attached hydrogen (secondary N) is 1. The third kappa shape index (κ3) is 3.53. The highest BCUT2D eigenvalue weighted by molar-refractivity contribution is 5.82. The lowest BCUT2D eigenvalue weighted by atomic mass is 10.0. The Morgan fingerprint density at radius 2 is 2.26 bits per heavy atom. The molecular weight excluding hydrogens is 244 g/mol. The van der Waals surface area contributed by atoms with Crippen LogP contribution in [-0.4, -0.2) is 38.3 Å². The fourth-order valence-corrected chi connectivity index (χ4v) is 2.25. The molecule has 5 nitrogen and oxygen atoms in total. The molecule has 0 saturated carbocycles. The maximum absolute atomic E-state index is 11.9. The Kier molecular flexibility index (Phi) is 4.90. The zero-order valence-electron chi connectivity index (χ0n) is 11.0. The zero-order valence-corrected chi connectivity index (χ0v) is 11.0. The maximum Gasteiger partial charge on any atom is 0.239 e. The lowest BCUT2D eigenvalue weighted by Gasteiger charge is -2.22. The summed E-state index contributed by atoms with van der Waals surface area (Å²) < 4.78 is 10.6. The standard InChI is InChI=1S/C14H20N2O3/c1-18-9-11(15)14(17)16-12-7-8-19-13(12)10-5-3-2-4-6-10/h2-6,11-13H,7-9,15H2,1H3,(H,16,17). The molecule has 0 spiro atoms. The number of ether oxygens (including phenoxy) is 2. The minimum atomic E-state index is -0.637. The van der Waals surface area contributed by atoms with Crippen LogP contribution in [0.3, 0.4) is 0 Å². The van der Waals surface area contributed by atoms with E-state index in [1.54, 1.807) is 0 Å². The first-order chi connectivity index (χ1) is 9.22. The molecule has 3 unspecified atom stereocenters. The lowest BCUT2D eigenvalue weighted by molar-refractivity contribution is -0.124. The van der Waals surface area contributed by atoms with Gasteiger partial charge in [-0.25, -0.2) is 0 Å². The summed E-state index contributed by atoms with van der Waals surface area (Å²) in [6, 6.07) is 9.23. The number of carbonyl (C=O) groups excluding carboxylic acids is 1. The van der Waals surface area contributed by atoms with Crippen LogP contribution in [0.5, 0.6) is 0 Å². The van der Waals surface area contributed by atoms with Crippen LogP contribution in [0.15, 0.2) is 30.3 Å². The van der Waals surface area contributed by atoms with Gasteiger partial charge in [-0.1, -0.05) is 30.3 Å². The highest BCUT2D eigenvalue weighted by Crippen LogP contribution is 2.28. The first kappa shape index (κ1) is 14.0. The van der Waals surface area contributed by atoms with Gasteiger partial charge in [-0.05, 0) is 12.0 Å². The number of hydrogen-bond acceptors (Lipinski definition) is 4. The number of methoxy groups -OCH3 is 1. The second-order valence-electron chi connectivity index (χ2n) is 4.67. The predicted molar refractivity (Wildman–Crippen MR) is 71.5 cm³/mol. The molecule has 1 aliphatic rings. The van der Waals surface area contributed by atoms with E-state index in [1.807, 2.05) is 30.3 Å². The minimum Gasteiger partial charge on any atom is -0.383 e. The average Bonchev–Trinajstić information content (AvgIpc) is 2.88. The largest absolute Gasteiger partial charge is 0.383 e. The van der Waals surface area contributed by atoms with E-state index in [9.17, 15) is 4.79 Å². The quantitative estimate of drug-likeness (QED) is 0.817. The van der Waals surface area contributed by atoms with Gasteiger partial charge in [0.25, 0.3) is 0 Å². The van der Waals surface area contributed by atoms with Gasteiger partial charge < -0.3 is 20.5 Å². The third-order valence-corrected chi connectivity index (χ3v) is 3.23. The van der Waals surface area contributed by atoms with Crippen molar-refractivity contribution in [3.63, 3.8) is 0 Å². The molecule has 3 atom stereocenters.